The van der Waals surface area contributed by atoms with Crippen LogP contribution in [0.25, 0.3) is 0 Å². The molecule has 1 saturated heterocycles. The lowest BCUT2D eigenvalue weighted by Gasteiger charge is -2.24. The summed E-state index contributed by atoms with van der Waals surface area (Å²) in [4.78, 5) is 13.8. The standard InChI is InChI=1S/C15H21BrN2O2/c1-15(2,3)20-14(19)18-8-12(13(17)9-18)10-4-6-11(16)7-5-10/h4-7,12-13H,8-9,17H2,1-3H3. The smallest absolute Gasteiger partial charge is 0.410 e. The van der Waals surface area contributed by atoms with Gasteiger partial charge in [0.25, 0.3) is 0 Å². The Morgan fingerprint density at radius 2 is 1.90 bits per heavy atom. The third-order valence-electron chi connectivity index (χ3n) is 3.31. The maximum absolute atomic E-state index is 12.1. The molecule has 1 heterocycles. The van der Waals surface area contributed by atoms with E-state index in [1.54, 1.807) is 4.90 Å². The Kier molecular flexibility index (Phi) is 4.39. The summed E-state index contributed by atoms with van der Waals surface area (Å²) in [5.41, 5.74) is 6.86. The van der Waals surface area contributed by atoms with E-state index >= 15 is 0 Å². The summed E-state index contributed by atoms with van der Waals surface area (Å²) in [5, 5.41) is 0. The molecule has 5 heteroatoms. The van der Waals surface area contributed by atoms with Gasteiger partial charge in [-0.05, 0) is 38.5 Å². The highest BCUT2D eigenvalue weighted by Gasteiger charge is 2.35. The SMILES string of the molecule is CC(C)(C)OC(=O)N1CC(N)C(c2ccc(Br)cc2)C1. The van der Waals surface area contributed by atoms with E-state index in [9.17, 15) is 4.79 Å². The molecule has 1 aromatic rings. The molecule has 0 bridgehead atoms. The van der Waals surface area contributed by atoms with Crippen LogP contribution in [-0.2, 0) is 4.74 Å². The maximum Gasteiger partial charge on any atom is 0.410 e. The van der Waals surface area contributed by atoms with E-state index in [-0.39, 0.29) is 18.1 Å². The molecule has 0 aliphatic carbocycles. The first-order valence-corrected chi connectivity index (χ1v) is 7.54. The van der Waals surface area contributed by atoms with E-state index in [0.29, 0.717) is 13.1 Å². The zero-order chi connectivity index (χ0) is 14.9. The Labute approximate surface area is 128 Å². The Morgan fingerprint density at radius 3 is 2.45 bits per heavy atom. The molecule has 2 unspecified atom stereocenters. The van der Waals surface area contributed by atoms with Gasteiger partial charge >= 0.3 is 6.09 Å². The molecule has 2 N–H and O–H groups in total. The van der Waals surface area contributed by atoms with Gasteiger partial charge in [-0.3, -0.25) is 0 Å². The average molecular weight is 341 g/mol. The van der Waals surface area contributed by atoms with Gasteiger partial charge in [0.05, 0.1) is 0 Å². The molecular formula is C15H21BrN2O2. The predicted molar refractivity (Wildman–Crippen MR) is 82.7 cm³/mol. The molecule has 20 heavy (non-hydrogen) atoms. The molecule has 2 atom stereocenters. The third-order valence-corrected chi connectivity index (χ3v) is 3.84. The van der Waals surface area contributed by atoms with E-state index in [4.69, 9.17) is 10.5 Å². The summed E-state index contributed by atoms with van der Waals surface area (Å²) >= 11 is 3.42. The summed E-state index contributed by atoms with van der Waals surface area (Å²) in [5.74, 6) is 0.163. The van der Waals surface area contributed by atoms with Gasteiger partial charge in [-0.1, -0.05) is 28.1 Å². The predicted octanol–water partition coefficient (Wildman–Crippen LogP) is 3.11. The largest absolute Gasteiger partial charge is 0.444 e. The van der Waals surface area contributed by atoms with Gasteiger partial charge in [-0.2, -0.15) is 0 Å². The van der Waals surface area contributed by atoms with E-state index in [1.165, 1.54) is 0 Å². The van der Waals surface area contributed by atoms with Crippen molar-refractivity contribution in [2.24, 2.45) is 5.73 Å². The molecule has 4 nitrogen and oxygen atoms in total. The zero-order valence-corrected chi connectivity index (χ0v) is 13.7. The quantitative estimate of drug-likeness (QED) is 0.854. The van der Waals surface area contributed by atoms with Gasteiger partial charge < -0.3 is 15.4 Å². The number of carbonyl (C=O) groups is 1. The van der Waals surface area contributed by atoms with Crippen LogP contribution in [0.5, 0.6) is 0 Å². The van der Waals surface area contributed by atoms with Gasteiger partial charge in [0, 0.05) is 29.5 Å². The van der Waals surface area contributed by atoms with Crippen molar-refractivity contribution in [2.75, 3.05) is 13.1 Å². The first-order valence-electron chi connectivity index (χ1n) is 6.75. The zero-order valence-electron chi connectivity index (χ0n) is 12.1. The van der Waals surface area contributed by atoms with Crippen LogP contribution >= 0.6 is 15.9 Å². The first kappa shape index (κ1) is 15.3. The lowest BCUT2D eigenvalue weighted by Crippen LogP contribution is -2.36. The van der Waals surface area contributed by atoms with Crippen molar-refractivity contribution in [2.45, 2.75) is 38.3 Å². The molecule has 0 spiro atoms. The van der Waals surface area contributed by atoms with Gasteiger partial charge in [0.1, 0.15) is 5.60 Å². The second kappa shape index (κ2) is 5.74. The Bertz CT molecular complexity index is 482. The highest BCUT2D eigenvalue weighted by atomic mass is 79.9. The lowest BCUT2D eigenvalue weighted by atomic mass is 9.95. The van der Waals surface area contributed by atoms with Crippen molar-refractivity contribution in [3.05, 3.63) is 34.3 Å². The third kappa shape index (κ3) is 3.73. The van der Waals surface area contributed by atoms with E-state index in [0.717, 1.165) is 10.0 Å². The highest BCUT2D eigenvalue weighted by molar-refractivity contribution is 9.10. The van der Waals surface area contributed by atoms with Gasteiger partial charge in [-0.25, -0.2) is 4.79 Å². The maximum atomic E-state index is 12.1. The van der Waals surface area contributed by atoms with E-state index in [1.807, 2.05) is 45.0 Å². The molecule has 1 aliphatic heterocycles. The first-order chi connectivity index (χ1) is 9.26. The van der Waals surface area contributed by atoms with Crippen molar-refractivity contribution in [3.63, 3.8) is 0 Å². The monoisotopic (exact) mass is 340 g/mol. The minimum absolute atomic E-state index is 0.0521. The van der Waals surface area contributed by atoms with Crippen LogP contribution in [-0.4, -0.2) is 35.7 Å². The second-order valence-corrected chi connectivity index (χ2v) is 7.12. The van der Waals surface area contributed by atoms with Crippen molar-refractivity contribution in [3.8, 4) is 0 Å². The number of benzene rings is 1. The number of nitrogens with zero attached hydrogens (tertiary/aromatic N) is 1. The fraction of sp³-hybridized carbons (Fsp3) is 0.533. The molecule has 2 rings (SSSR count). The minimum atomic E-state index is -0.475. The fourth-order valence-corrected chi connectivity index (χ4v) is 2.63. The Hall–Kier alpha value is -1.07. The summed E-state index contributed by atoms with van der Waals surface area (Å²) in [7, 11) is 0. The number of carbonyl (C=O) groups excluding carboxylic acids is 1. The Morgan fingerprint density at radius 1 is 1.30 bits per heavy atom. The molecule has 0 saturated carbocycles. The number of rotatable bonds is 1. The number of amides is 1. The molecular weight excluding hydrogens is 320 g/mol. The molecule has 110 valence electrons. The number of halogens is 1. The molecule has 1 aromatic carbocycles. The van der Waals surface area contributed by atoms with Crippen LogP contribution in [0, 0.1) is 0 Å². The molecule has 0 radical (unpaired) electrons. The molecule has 1 fully saturated rings. The molecule has 1 amide bonds. The highest BCUT2D eigenvalue weighted by Crippen LogP contribution is 2.28. The van der Waals surface area contributed by atoms with Gasteiger partial charge in [-0.15, -0.1) is 0 Å². The van der Waals surface area contributed by atoms with Crippen molar-refractivity contribution in [1.82, 2.24) is 4.90 Å². The van der Waals surface area contributed by atoms with Crippen molar-refractivity contribution >= 4 is 22.0 Å². The second-order valence-electron chi connectivity index (χ2n) is 6.21. The van der Waals surface area contributed by atoms with Crippen molar-refractivity contribution < 1.29 is 9.53 Å². The van der Waals surface area contributed by atoms with E-state index < -0.39 is 5.60 Å². The summed E-state index contributed by atoms with van der Waals surface area (Å²) < 4.78 is 6.44. The Balaban J connectivity index is 2.05. The average Bonchev–Trinajstić information content (AvgIpc) is 2.70. The topological polar surface area (TPSA) is 55.6 Å². The van der Waals surface area contributed by atoms with Gasteiger partial charge in [0.15, 0.2) is 0 Å². The summed E-state index contributed by atoms with van der Waals surface area (Å²) in [6, 6.07) is 8.04. The number of likely N-dealkylation sites (tertiary alicyclic amines) is 1. The number of hydrogen-bond donors (Lipinski definition) is 1. The molecule has 0 aromatic heterocycles. The van der Waals surface area contributed by atoms with Crippen molar-refractivity contribution in [1.29, 1.82) is 0 Å². The van der Waals surface area contributed by atoms with Crippen LogP contribution in [0.15, 0.2) is 28.7 Å². The van der Waals surface area contributed by atoms with Crippen LogP contribution < -0.4 is 5.73 Å². The normalized spacial score (nSPS) is 22.9. The number of ether oxygens (including phenoxy) is 1. The number of hydrogen-bond acceptors (Lipinski definition) is 3. The van der Waals surface area contributed by atoms with Crippen LogP contribution in [0.3, 0.4) is 0 Å². The lowest BCUT2D eigenvalue weighted by molar-refractivity contribution is 0.0290. The van der Waals surface area contributed by atoms with Crippen LogP contribution in [0.2, 0.25) is 0 Å². The number of nitrogens with two attached hydrogens (primary N) is 1. The summed E-state index contributed by atoms with van der Waals surface area (Å²) in [6.07, 6.45) is -0.285. The fourth-order valence-electron chi connectivity index (χ4n) is 2.37. The van der Waals surface area contributed by atoms with Crippen LogP contribution in [0.1, 0.15) is 32.3 Å². The minimum Gasteiger partial charge on any atom is -0.444 e. The van der Waals surface area contributed by atoms with Gasteiger partial charge in [0.2, 0.25) is 0 Å². The van der Waals surface area contributed by atoms with Crippen LogP contribution in [0.4, 0.5) is 4.79 Å². The van der Waals surface area contributed by atoms with E-state index in [2.05, 4.69) is 15.9 Å². The molecule has 1 aliphatic rings. The summed E-state index contributed by atoms with van der Waals surface area (Å²) in [6.45, 7) is 6.75.